The van der Waals surface area contributed by atoms with E-state index >= 15 is 0 Å². The number of hydrogen-bond acceptors (Lipinski definition) is 3. The Morgan fingerprint density at radius 1 is 1.05 bits per heavy atom. The number of benzene rings is 1. The van der Waals surface area contributed by atoms with Crippen molar-refractivity contribution in [3.05, 3.63) is 23.8 Å². The summed E-state index contributed by atoms with van der Waals surface area (Å²) in [6.45, 7) is 10.1. The first-order valence-corrected chi connectivity index (χ1v) is 6.79. The van der Waals surface area contributed by atoms with Crippen molar-refractivity contribution in [2.45, 2.75) is 40.3 Å². The molecular formula is C16H25NO2. The molecule has 0 amide bonds. The Morgan fingerprint density at radius 3 is 2.16 bits per heavy atom. The number of hydrogen-bond donors (Lipinski definition) is 1. The minimum Gasteiger partial charge on any atom is -0.497 e. The molecule has 1 saturated carbocycles. The average Bonchev–Trinajstić information content (AvgIpc) is 2.76. The summed E-state index contributed by atoms with van der Waals surface area (Å²) in [6.07, 6.45) is 0. The van der Waals surface area contributed by atoms with E-state index in [0.717, 1.165) is 23.6 Å². The van der Waals surface area contributed by atoms with Crippen LogP contribution in [0.1, 0.15) is 33.3 Å². The van der Waals surface area contributed by atoms with Gasteiger partial charge in [-0.2, -0.15) is 0 Å². The van der Waals surface area contributed by atoms with Crippen LogP contribution in [0.15, 0.2) is 18.2 Å². The van der Waals surface area contributed by atoms with E-state index in [9.17, 15) is 0 Å². The fourth-order valence-electron chi connectivity index (χ4n) is 2.94. The molecule has 2 rings (SSSR count). The molecule has 1 fully saturated rings. The van der Waals surface area contributed by atoms with E-state index in [2.05, 4.69) is 33.0 Å². The first-order chi connectivity index (χ1) is 8.84. The van der Waals surface area contributed by atoms with Crippen LogP contribution in [0.2, 0.25) is 0 Å². The van der Waals surface area contributed by atoms with Crippen molar-refractivity contribution >= 4 is 0 Å². The van der Waals surface area contributed by atoms with E-state index in [0.29, 0.717) is 16.9 Å². The van der Waals surface area contributed by atoms with Crippen molar-refractivity contribution in [1.29, 1.82) is 0 Å². The van der Waals surface area contributed by atoms with Crippen LogP contribution in [0.5, 0.6) is 11.5 Å². The molecular weight excluding hydrogens is 238 g/mol. The second-order valence-electron chi connectivity index (χ2n) is 6.44. The van der Waals surface area contributed by atoms with Gasteiger partial charge in [0.25, 0.3) is 0 Å². The van der Waals surface area contributed by atoms with Crippen LogP contribution >= 0.6 is 0 Å². The predicted octanol–water partition coefficient (Wildman–Crippen LogP) is 3.23. The summed E-state index contributed by atoms with van der Waals surface area (Å²) in [5, 5.41) is 3.64. The van der Waals surface area contributed by atoms with Gasteiger partial charge in [0.05, 0.1) is 14.2 Å². The second-order valence-corrected chi connectivity index (χ2v) is 6.44. The molecule has 0 bridgehead atoms. The van der Waals surface area contributed by atoms with Crippen molar-refractivity contribution < 1.29 is 9.47 Å². The summed E-state index contributed by atoms with van der Waals surface area (Å²) in [6, 6.07) is 6.46. The average molecular weight is 263 g/mol. The fourth-order valence-corrected chi connectivity index (χ4v) is 2.94. The molecule has 1 N–H and O–H groups in total. The van der Waals surface area contributed by atoms with Crippen LogP contribution in [0.25, 0.3) is 0 Å². The van der Waals surface area contributed by atoms with Gasteiger partial charge in [-0.15, -0.1) is 0 Å². The number of nitrogens with one attached hydrogen (secondary N) is 1. The van der Waals surface area contributed by atoms with Gasteiger partial charge in [0.2, 0.25) is 0 Å². The molecule has 106 valence electrons. The van der Waals surface area contributed by atoms with E-state index in [1.807, 2.05) is 18.2 Å². The van der Waals surface area contributed by atoms with Gasteiger partial charge in [-0.1, -0.05) is 27.7 Å². The molecule has 0 heterocycles. The molecule has 0 spiro atoms. The van der Waals surface area contributed by atoms with Crippen LogP contribution in [0.3, 0.4) is 0 Å². The number of methoxy groups -OCH3 is 2. The van der Waals surface area contributed by atoms with Gasteiger partial charge in [0, 0.05) is 18.2 Å². The SMILES string of the molecule is COc1ccc(OC)c(CNC2C(C)(C)C2(C)C)c1. The van der Waals surface area contributed by atoms with Gasteiger partial charge in [-0.25, -0.2) is 0 Å². The van der Waals surface area contributed by atoms with Gasteiger partial charge in [-0.3, -0.25) is 0 Å². The highest BCUT2D eigenvalue weighted by molar-refractivity contribution is 5.40. The lowest BCUT2D eigenvalue weighted by Crippen LogP contribution is -2.22. The third-order valence-corrected chi connectivity index (χ3v) is 5.00. The monoisotopic (exact) mass is 263 g/mol. The van der Waals surface area contributed by atoms with E-state index in [1.54, 1.807) is 14.2 Å². The molecule has 1 aromatic rings. The van der Waals surface area contributed by atoms with Crippen molar-refractivity contribution in [2.75, 3.05) is 14.2 Å². The molecule has 3 nitrogen and oxygen atoms in total. The molecule has 0 radical (unpaired) electrons. The standard InChI is InChI=1S/C16H25NO2/c1-15(2)14(16(15,3)4)17-10-11-9-12(18-5)7-8-13(11)19-6/h7-9,14,17H,10H2,1-6H3. The zero-order valence-electron chi connectivity index (χ0n) is 12.8. The van der Waals surface area contributed by atoms with E-state index in [1.165, 1.54) is 0 Å². The highest BCUT2D eigenvalue weighted by Crippen LogP contribution is 2.62. The van der Waals surface area contributed by atoms with Crippen LogP contribution in [-0.4, -0.2) is 20.3 Å². The van der Waals surface area contributed by atoms with Crippen LogP contribution in [0, 0.1) is 10.8 Å². The fraction of sp³-hybridized carbons (Fsp3) is 0.625. The minimum absolute atomic E-state index is 0.346. The highest BCUT2D eigenvalue weighted by atomic mass is 16.5. The molecule has 1 aromatic carbocycles. The second kappa shape index (κ2) is 4.71. The van der Waals surface area contributed by atoms with Crippen molar-refractivity contribution in [3.63, 3.8) is 0 Å². The van der Waals surface area contributed by atoms with Gasteiger partial charge in [0.15, 0.2) is 0 Å². The summed E-state index contributed by atoms with van der Waals surface area (Å²) >= 11 is 0. The molecule has 0 atom stereocenters. The van der Waals surface area contributed by atoms with Crippen LogP contribution in [0.4, 0.5) is 0 Å². The summed E-state index contributed by atoms with van der Waals surface area (Å²) in [7, 11) is 3.39. The first kappa shape index (κ1) is 14.2. The quantitative estimate of drug-likeness (QED) is 0.884. The summed E-state index contributed by atoms with van der Waals surface area (Å²) in [5.74, 6) is 1.77. The summed E-state index contributed by atoms with van der Waals surface area (Å²) in [5.41, 5.74) is 1.83. The van der Waals surface area contributed by atoms with Gasteiger partial charge < -0.3 is 14.8 Å². The predicted molar refractivity (Wildman–Crippen MR) is 77.7 cm³/mol. The van der Waals surface area contributed by atoms with Crippen LogP contribution in [-0.2, 0) is 6.54 Å². The third-order valence-electron chi connectivity index (χ3n) is 5.00. The lowest BCUT2D eigenvalue weighted by atomic mass is 10.0. The molecule has 3 heteroatoms. The molecule has 0 saturated heterocycles. The topological polar surface area (TPSA) is 30.5 Å². The highest BCUT2D eigenvalue weighted by Gasteiger charge is 2.64. The van der Waals surface area contributed by atoms with Gasteiger partial charge in [-0.05, 0) is 29.0 Å². The molecule has 1 aliphatic rings. The van der Waals surface area contributed by atoms with E-state index in [4.69, 9.17) is 9.47 Å². The molecule has 1 aliphatic carbocycles. The van der Waals surface area contributed by atoms with E-state index < -0.39 is 0 Å². The summed E-state index contributed by atoms with van der Waals surface area (Å²) in [4.78, 5) is 0. The molecule has 0 aliphatic heterocycles. The first-order valence-electron chi connectivity index (χ1n) is 6.79. The smallest absolute Gasteiger partial charge is 0.123 e. The Labute approximate surface area is 116 Å². The maximum atomic E-state index is 5.41. The molecule has 0 unspecified atom stereocenters. The normalized spacial score (nSPS) is 20.1. The molecule has 19 heavy (non-hydrogen) atoms. The van der Waals surface area contributed by atoms with Crippen molar-refractivity contribution in [1.82, 2.24) is 5.32 Å². The number of ether oxygens (including phenoxy) is 2. The number of rotatable bonds is 5. The van der Waals surface area contributed by atoms with Gasteiger partial charge in [0.1, 0.15) is 11.5 Å². The zero-order chi connectivity index (χ0) is 14.3. The van der Waals surface area contributed by atoms with Crippen molar-refractivity contribution in [2.24, 2.45) is 10.8 Å². The lowest BCUT2D eigenvalue weighted by molar-refractivity contribution is 0.396. The minimum atomic E-state index is 0.346. The van der Waals surface area contributed by atoms with Gasteiger partial charge >= 0.3 is 0 Å². The lowest BCUT2D eigenvalue weighted by Gasteiger charge is -2.12. The van der Waals surface area contributed by atoms with E-state index in [-0.39, 0.29) is 0 Å². The largest absolute Gasteiger partial charge is 0.497 e. The Kier molecular flexibility index (Phi) is 3.52. The zero-order valence-corrected chi connectivity index (χ0v) is 12.8. The Bertz CT molecular complexity index is 452. The summed E-state index contributed by atoms with van der Waals surface area (Å²) < 4.78 is 10.7. The Morgan fingerprint density at radius 2 is 1.68 bits per heavy atom. The maximum Gasteiger partial charge on any atom is 0.123 e. The molecule has 0 aromatic heterocycles. The third kappa shape index (κ3) is 2.32. The maximum absolute atomic E-state index is 5.41. The van der Waals surface area contributed by atoms with Crippen LogP contribution < -0.4 is 14.8 Å². The van der Waals surface area contributed by atoms with Crippen molar-refractivity contribution in [3.8, 4) is 11.5 Å². The Balaban J connectivity index is 2.08. The Hall–Kier alpha value is -1.22.